The Morgan fingerprint density at radius 3 is 2.84 bits per heavy atom. The van der Waals surface area contributed by atoms with Gasteiger partial charge in [-0.25, -0.2) is 4.98 Å². The van der Waals surface area contributed by atoms with E-state index in [-0.39, 0.29) is 5.91 Å². The van der Waals surface area contributed by atoms with Crippen molar-refractivity contribution in [3.63, 3.8) is 0 Å². The normalized spacial score (nSPS) is 15.5. The van der Waals surface area contributed by atoms with Crippen LogP contribution in [0.4, 0.5) is 0 Å². The number of thiazole rings is 1. The quantitative estimate of drug-likeness (QED) is 0.761. The molecule has 2 aromatic heterocycles. The number of nitrogens with zero attached hydrogens (tertiary/aromatic N) is 3. The van der Waals surface area contributed by atoms with E-state index in [9.17, 15) is 4.79 Å². The SMILES string of the molecule is O=C(NCCN1CCOCC1)c1ccc2nc(-n3cccc3)sc2c1. The Morgan fingerprint density at radius 2 is 2.04 bits per heavy atom. The van der Waals surface area contributed by atoms with Crippen molar-refractivity contribution in [3.8, 4) is 5.13 Å². The molecule has 4 rings (SSSR count). The lowest BCUT2D eigenvalue weighted by molar-refractivity contribution is 0.0383. The number of fused-ring (bicyclic) bond motifs is 1. The highest BCUT2D eigenvalue weighted by Crippen LogP contribution is 2.25. The van der Waals surface area contributed by atoms with Crippen molar-refractivity contribution in [2.75, 3.05) is 39.4 Å². The molecule has 6 nitrogen and oxygen atoms in total. The molecule has 0 radical (unpaired) electrons. The first-order chi connectivity index (χ1) is 12.3. The van der Waals surface area contributed by atoms with E-state index in [1.54, 1.807) is 11.3 Å². The Kier molecular flexibility index (Phi) is 4.78. The lowest BCUT2D eigenvalue weighted by Gasteiger charge is -2.26. The zero-order chi connectivity index (χ0) is 17.1. The molecule has 1 aliphatic heterocycles. The molecule has 130 valence electrons. The number of rotatable bonds is 5. The molecule has 1 saturated heterocycles. The van der Waals surface area contributed by atoms with E-state index < -0.39 is 0 Å². The molecule has 3 heterocycles. The number of hydrogen-bond donors (Lipinski definition) is 1. The minimum atomic E-state index is -0.0360. The zero-order valence-electron chi connectivity index (χ0n) is 13.9. The van der Waals surface area contributed by atoms with Crippen molar-refractivity contribution in [1.82, 2.24) is 19.8 Å². The highest BCUT2D eigenvalue weighted by atomic mass is 32.1. The first-order valence-electron chi connectivity index (χ1n) is 8.42. The fourth-order valence-corrected chi connectivity index (χ4v) is 3.85. The second kappa shape index (κ2) is 7.35. The molecule has 1 aliphatic rings. The maximum atomic E-state index is 12.4. The van der Waals surface area contributed by atoms with Gasteiger partial charge in [-0.3, -0.25) is 9.69 Å². The number of carbonyl (C=O) groups is 1. The smallest absolute Gasteiger partial charge is 0.251 e. The standard InChI is InChI=1S/C18H20N4O2S/c23-17(19-5-8-21-9-11-24-12-10-21)14-3-4-15-16(13-14)25-18(20-15)22-6-1-2-7-22/h1-4,6-7,13H,5,8-12H2,(H,19,23). The van der Waals surface area contributed by atoms with Crippen molar-refractivity contribution in [3.05, 3.63) is 48.3 Å². The summed E-state index contributed by atoms with van der Waals surface area (Å²) in [4.78, 5) is 19.3. The van der Waals surface area contributed by atoms with Crippen molar-refractivity contribution >= 4 is 27.5 Å². The Hall–Kier alpha value is -2.22. The second-order valence-corrected chi connectivity index (χ2v) is 6.99. The molecule has 3 aromatic rings. The van der Waals surface area contributed by atoms with Gasteiger partial charge in [0.15, 0.2) is 5.13 Å². The third-order valence-electron chi connectivity index (χ3n) is 4.28. The van der Waals surface area contributed by atoms with Crippen molar-refractivity contribution in [1.29, 1.82) is 0 Å². The Labute approximate surface area is 150 Å². The molecule has 0 spiro atoms. The van der Waals surface area contributed by atoms with Crippen LogP contribution in [0.25, 0.3) is 15.3 Å². The maximum absolute atomic E-state index is 12.4. The minimum Gasteiger partial charge on any atom is -0.379 e. The van der Waals surface area contributed by atoms with Crippen molar-refractivity contribution < 1.29 is 9.53 Å². The van der Waals surface area contributed by atoms with Crippen LogP contribution in [0.3, 0.4) is 0 Å². The van der Waals surface area contributed by atoms with Gasteiger partial charge in [0.25, 0.3) is 5.91 Å². The van der Waals surface area contributed by atoms with E-state index in [0.717, 1.165) is 48.2 Å². The highest BCUT2D eigenvalue weighted by Gasteiger charge is 2.12. The summed E-state index contributed by atoms with van der Waals surface area (Å²) < 4.78 is 8.33. The Morgan fingerprint density at radius 1 is 1.24 bits per heavy atom. The molecular weight excluding hydrogens is 336 g/mol. The molecule has 0 unspecified atom stereocenters. The van der Waals surface area contributed by atoms with Gasteiger partial charge < -0.3 is 14.6 Å². The van der Waals surface area contributed by atoms with Crippen molar-refractivity contribution in [2.45, 2.75) is 0 Å². The summed E-state index contributed by atoms with van der Waals surface area (Å²) in [7, 11) is 0. The molecule has 1 amide bonds. The van der Waals surface area contributed by atoms with Gasteiger partial charge in [0.1, 0.15) is 0 Å². The molecule has 25 heavy (non-hydrogen) atoms. The van der Waals surface area contributed by atoms with Crippen LogP contribution in [0.15, 0.2) is 42.7 Å². The third-order valence-corrected chi connectivity index (χ3v) is 5.31. The summed E-state index contributed by atoms with van der Waals surface area (Å²) in [5.74, 6) is -0.0360. The molecule has 0 aliphatic carbocycles. The van der Waals surface area contributed by atoms with Crippen LogP contribution >= 0.6 is 11.3 Å². The Bertz CT molecular complexity index is 853. The number of nitrogens with one attached hydrogen (secondary N) is 1. The van der Waals surface area contributed by atoms with Gasteiger partial charge in [0, 0.05) is 44.1 Å². The number of morpholine rings is 1. The fourth-order valence-electron chi connectivity index (χ4n) is 2.88. The van der Waals surface area contributed by atoms with Gasteiger partial charge in [-0.15, -0.1) is 0 Å². The number of aromatic nitrogens is 2. The molecule has 1 fully saturated rings. The fraction of sp³-hybridized carbons (Fsp3) is 0.333. The average Bonchev–Trinajstić information content (AvgIpc) is 3.31. The van der Waals surface area contributed by atoms with Gasteiger partial charge >= 0.3 is 0 Å². The van der Waals surface area contributed by atoms with Crippen LogP contribution in [0.2, 0.25) is 0 Å². The van der Waals surface area contributed by atoms with Crippen LogP contribution in [0.1, 0.15) is 10.4 Å². The first kappa shape index (κ1) is 16.3. The molecule has 0 atom stereocenters. The molecule has 7 heteroatoms. The Balaban J connectivity index is 1.41. The zero-order valence-corrected chi connectivity index (χ0v) is 14.7. The molecule has 1 aromatic carbocycles. The first-order valence-corrected chi connectivity index (χ1v) is 9.23. The van der Waals surface area contributed by atoms with Crippen LogP contribution in [0, 0.1) is 0 Å². The summed E-state index contributed by atoms with van der Waals surface area (Å²) in [6, 6.07) is 9.62. The van der Waals surface area contributed by atoms with E-state index >= 15 is 0 Å². The second-order valence-electron chi connectivity index (χ2n) is 5.98. The van der Waals surface area contributed by atoms with E-state index in [1.165, 1.54) is 0 Å². The average molecular weight is 356 g/mol. The van der Waals surface area contributed by atoms with Gasteiger partial charge in [-0.2, -0.15) is 0 Å². The van der Waals surface area contributed by atoms with Gasteiger partial charge in [0.2, 0.25) is 0 Å². The molecule has 0 bridgehead atoms. The van der Waals surface area contributed by atoms with Crippen molar-refractivity contribution in [2.24, 2.45) is 0 Å². The van der Waals surface area contributed by atoms with Gasteiger partial charge in [0.05, 0.1) is 23.4 Å². The number of amides is 1. The number of benzene rings is 1. The summed E-state index contributed by atoms with van der Waals surface area (Å²) in [6.45, 7) is 4.93. The molecule has 1 N–H and O–H groups in total. The summed E-state index contributed by atoms with van der Waals surface area (Å²) in [5, 5.41) is 3.91. The predicted octanol–water partition coefficient (Wildman–Crippen LogP) is 2.15. The molecular formula is C18H20N4O2S. The van der Waals surface area contributed by atoms with Crippen LogP contribution in [-0.4, -0.2) is 59.8 Å². The summed E-state index contributed by atoms with van der Waals surface area (Å²) >= 11 is 1.58. The summed E-state index contributed by atoms with van der Waals surface area (Å²) in [6.07, 6.45) is 3.94. The highest BCUT2D eigenvalue weighted by molar-refractivity contribution is 7.20. The van der Waals surface area contributed by atoms with E-state index in [1.807, 2.05) is 47.3 Å². The van der Waals surface area contributed by atoms with Crippen LogP contribution < -0.4 is 5.32 Å². The van der Waals surface area contributed by atoms with Gasteiger partial charge in [-0.1, -0.05) is 11.3 Å². The van der Waals surface area contributed by atoms with E-state index in [0.29, 0.717) is 12.1 Å². The monoisotopic (exact) mass is 356 g/mol. The number of ether oxygens (including phenoxy) is 1. The summed E-state index contributed by atoms with van der Waals surface area (Å²) in [5.41, 5.74) is 1.59. The predicted molar refractivity (Wildman–Crippen MR) is 98.5 cm³/mol. The minimum absolute atomic E-state index is 0.0360. The van der Waals surface area contributed by atoms with E-state index in [4.69, 9.17) is 4.74 Å². The third kappa shape index (κ3) is 3.73. The topological polar surface area (TPSA) is 59.4 Å². The largest absolute Gasteiger partial charge is 0.379 e. The van der Waals surface area contributed by atoms with Crippen LogP contribution in [0.5, 0.6) is 0 Å². The van der Waals surface area contributed by atoms with Crippen LogP contribution in [-0.2, 0) is 4.74 Å². The number of hydrogen-bond acceptors (Lipinski definition) is 5. The lowest BCUT2D eigenvalue weighted by Crippen LogP contribution is -2.41. The van der Waals surface area contributed by atoms with Gasteiger partial charge in [-0.05, 0) is 30.3 Å². The van der Waals surface area contributed by atoms with E-state index in [2.05, 4.69) is 15.2 Å². The lowest BCUT2D eigenvalue weighted by atomic mass is 10.2. The number of carbonyl (C=O) groups excluding carboxylic acids is 1. The maximum Gasteiger partial charge on any atom is 0.251 e. The molecule has 0 saturated carbocycles.